The first-order valence-corrected chi connectivity index (χ1v) is 14.6. The Bertz CT molecular complexity index is 1610. The molecular formula is C31H29ClF3N5O4. The van der Waals surface area contributed by atoms with Gasteiger partial charge in [-0.1, -0.05) is 17.7 Å². The van der Waals surface area contributed by atoms with Crippen molar-refractivity contribution in [2.45, 2.75) is 43.6 Å². The quantitative estimate of drug-likeness (QED) is 0.364. The van der Waals surface area contributed by atoms with E-state index in [1.54, 1.807) is 23.1 Å². The summed E-state index contributed by atoms with van der Waals surface area (Å²) in [6.07, 6.45) is 2.16. The van der Waals surface area contributed by atoms with Crippen molar-refractivity contribution in [2.75, 3.05) is 36.5 Å². The molecule has 44 heavy (non-hydrogen) atoms. The number of benzene rings is 1. The number of aromatic nitrogens is 2. The number of hydrogen-bond donors (Lipinski definition) is 1. The first-order chi connectivity index (χ1) is 21.1. The molecule has 0 atom stereocenters. The molecule has 9 nitrogen and oxygen atoms in total. The number of nitrogens with zero attached hydrogens (tertiary/aromatic N) is 4. The number of anilines is 2. The van der Waals surface area contributed by atoms with Crippen molar-refractivity contribution in [3.63, 3.8) is 0 Å². The summed E-state index contributed by atoms with van der Waals surface area (Å²) in [6, 6.07) is 8.73. The topological polar surface area (TPSA) is 105 Å². The molecule has 1 aliphatic carbocycles. The fraction of sp³-hybridized carbons (Fsp3) is 0.387. The maximum Gasteiger partial charge on any atom is 0.339 e. The van der Waals surface area contributed by atoms with E-state index in [2.05, 4.69) is 15.3 Å². The summed E-state index contributed by atoms with van der Waals surface area (Å²) in [6.45, 7) is 1.13. The molecular weight excluding hydrogens is 599 g/mol. The molecule has 2 amide bonds. The lowest BCUT2D eigenvalue weighted by molar-refractivity contribution is -0.124. The van der Waals surface area contributed by atoms with E-state index in [4.69, 9.17) is 16.3 Å². The molecule has 1 spiro atoms. The lowest BCUT2D eigenvalue weighted by Gasteiger charge is -2.47. The molecule has 6 rings (SSSR count). The van der Waals surface area contributed by atoms with Crippen LogP contribution in [-0.2, 0) is 14.9 Å². The van der Waals surface area contributed by atoms with Gasteiger partial charge in [-0.15, -0.1) is 0 Å². The molecule has 1 N–H and O–H groups in total. The van der Waals surface area contributed by atoms with Gasteiger partial charge >= 0.3 is 5.97 Å². The zero-order chi connectivity index (χ0) is 31.2. The number of amides is 2. The summed E-state index contributed by atoms with van der Waals surface area (Å²) in [7, 11) is 1.30. The number of carbonyl (C=O) groups is 3. The predicted octanol–water partition coefficient (Wildman–Crippen LogP) is 5.09. The summed E-state index contributed by atoms with van der Waals surface area (Å²) in [5.74, 6) is -0.940. The number of pyridine rings is 2. The molecule has 230 valence electrons. The van der Waals surface area contributed by atoms with Crippen molar-refractivity contribution in [1.82, 2.24) is 15.3 Å². The molecule has 4 heterocycles. The van der Waals surface area contributed by atoms with Crippen LogP contribution in [0.25, 0.3) is 0 Å². The fourth-order valence-corrected chi connectivity index (χ4v) is 6.66. The maximum atomic E-state index is 14.4. The Morgan fingerprint density at radius 1 is 1.09 bits per heavy atom. The Hall–Kier alpha value is -4.19. The smallest absolute Gasteiger partial charge is 0.339 e. The third-order valence-corrected chi connectivity index (χ3v) is 9.00. The van der Waals surface area contributed by atoms with E-state index < -0.39 is 35.2 Å². The van der Waals surface area contributed by atoms with Gasteiger partial charge < -0.3 is 19.9 Å². The normalized spacial score (nSPS) is 20.5. The van der Waals surface area contributed by atoms with E-state index in [0.29, 0.717) is 62.4 Å². The lowest BCUT2D eigenvalue weighted by atomic mass is 9.74. The summed E-state index contributed by atoms with van der Waals surface area (Å²) in [4.78, 5) is 50.1. The molecule has 13 heteroatoms. The number of nitrogens with one attached hydrogen (secondary N) is 1. The van der Waals surface area contributed by atoms with Crippen LogP contribution in [0.15, 0.2) is 48.8 Å². The Balaban J connectivity index is 1.11. The van der Waals surface area contributed by atoms with Crippen molar-refractivity contribution in [1.29, 1.82) is 0 Å². The van der Waals surface area contributed by atoms with Crippen LogP contribution in [0.5, 0.6) is 0 Å². The third-order valence-electron chi connectivity index (χ3n) is 8.79. The van der Waals surface area contributed by atoms with Gasteiger partial charge in [-0.2, -0.15) is 0 Å². The molecule has 3 aromatic rings. The van der Waals surface area contributed by atoms with Gasteiger partial charge in [0.2, 0.25) is 5.91 Å². The average molecular weight is 628 g/mol. The summed E-state index contributed by atoms with van der Waals surface area (Å²) < 4.78 is 45.9. The minimum Gasteiger partial charge on any atom is -0.465 e. The number of esters is 1. The molecule has 0 unspecified atom stereocenters. The molecule has 0 radical (unpaired) electrons. The van der Waals surface area contributed by atoms with E-state index in [1.807, 2.05) is 4.90 Å². The third kappa shape index (κ3) is 5.36. The van der Waals surface area contributed by atoms with Crippen LogP contribution in [0.1, 0.15) is 64.1 Å². The van der Waals surface area contributed by atoms with Gasteiger partial charge in [-0.3, -0.25) is 14.6 Å². The lowest BCUT2D eigenvalue weighted by Crippen LogP contribution is -2.64. The number of methoxy groups -OCH3 is 1. The second-order valence-electron chi connectivity index (χ2n) is 11.5. The standard InChI is InChI=1S/C31H29ClF3N5O4/c1-44-29(42)18-4-9-25(36-12-18)39-15-31(16-39)23-8-5-20(33)11-24(23)40(30(31)43)14-17-2-6-21(7-3-17)38-28(41)22-10-19(32)13-37-26(22)27(34)35/h4-5,8-13,17,21,27H,2-3,6-7,14-16H2,1H3,(H,38,41). The maximum absolute atomic E-state index is 14.4. The first-order valence-electron chi connectivity index (χ1n) is 14.3. The van der Waals surface area contributed by atoms with E-state index in [9.17, 15) is 27.6 Å². The zero-order valence-electron chi connectivity index (χ0n) is 23.7. The van der Waals surface area contributed by atoms with E-state index in [0.717, 1.165) is 11.8 Å². The highest BCUT2D eigenvalue weighted by atomic mass is 35.5. The van der Waals surface area contributed by atoms with Crippen molar-refractivity contribution in [3.8, 4) is 0 Å². The van der Waals surface area contributed by atoms with Crippen LogP contribution in [0.4, 0.5) is 24.7 Å². The number of rotatable bonds is 7. The van der Waals surface area contributed by atoms with Crippen molar-refractivity contribution < 1.29 is 32.3 Å². The van der Waals surface area contributed by atoms with Gasteiger partial charge in [0, 0.05) is 38.1 Å². The van der Waals surface area contributed by atoms with Crippen LogP contribution >= 0.6 is 11.6 Å². The van der Waals surface area contributed by atoms with Gasteiger partial charge in [0.25, 0.3) is 12.3 Å². The number of hydrogen-bond acceptors (Lipinski definition) is 7. The van der Waals surface area contributed by atoms with Gasteiger partial charge in [0.1, 0.15) is 22.7 Å². The monoisotopic (exact) mass is 627 g/mol. The number of fused-ring (bicyclic) bond motifs is 2. The second-order valence-corrected chi connectivity index (χ2v) is 11.9. The molecule has 1 saturated heterocycles. The second kappa shape index (κ2) is 11.7. The van der Waals surface area contributed by atoms with Crippen molar-refractivity contribution >= 4 is 40.9 Å². The Labute approximate surface area is 256 Å². The van der Waals surface area contributed by atoms with Crippen LogP contribution < -0.4 is 15.1 Å². The van der Waals surface area contributed by atoms with E-state index in [1.165, 1.54) is 31.5 Å². The number of carbonyl (C=O) groups excluding carboxylic acids is 3. The summed E-state index contributed by atoms with van der Waals surface area (Å²) in [5.41, 5.74) is -0.0279. The highest BCUT2D eigenvalue weighted by Gasteiger charge is 2.58. The highest BCUT2D eigenvalue weighted by molar-refractivity contribution is 6.30. The largest absolute Gasteiger partial charge is 0.465 e. The van der Waals surface area contributed by atoms with Gasteiger partial charge in [-0.05, 0) is 67.5 Å². The van der Waals surface area contributed by atoms with Crippen LogP contribution in [0.3, 0.4) is 0 Å². The minimum atomic E-state index is -2.91. The molecule has 3 aliphatic rings. The average Bonchev–Trinajstić information content (AvgIpc) is 3.23. The number of alkyl halides is 2. The SMILES string of the molecule is COC(=O)c1ccc(N2CC3(C2)C(=O)N(CC2CCC(NC(=O)c4cc(Cl)cnc4C(F)F)CC2)c2cc(F)ccc23)nc1. The van der Waals surface area contributed by atoms with Crippen molar-refractivity contribution in [3.05, 3.63) is 82.0 Å². The Morgan fingerprint density at radius 2 is 1.84 bits per heavy atom. The van der Waals surface area contributed by atoms with Crippen molar-refractivity contribution in [2.24, 2.45) is 5.92 Å². The minimum absolute atomic E-state index is 0.0929. The van der Waals surface area contributed by atoms with E-state index >= 15 is 0 Å². The molecule has 0 bridgehead atoms. The highest BCUT2D eigenvalue weighted by Crippen LogP contribution is 2.49. The number of ether oxygens (including phenoxy) is 1. The molecule has 1 aromatic carbocycles. The first kappa shape index (κ1) is 29.9. The fourth-order valence-electron chi connectivity index (χ4n) is 6.50. The van der Waals surface area contributed by atoms with Crippen LogP contribution in [-0.4, -0.2) is 60.5 Å². The van der Waals surface area contributed by atoms with Crippen LogP contribution in [0, 0.1) is 11.7 Å². The van der Waals surface area contributed by atoms with Gasteiger partial charge in [0.15, 0.2) is 0 Å². The van der Waals surface area contributed by atoms with Crippen LogP contribution in [0.2, 0.25) is 5.02 Å². The van der Waals surface area contributed by atoms with Gasteiger partial charge in [0.05, 0.1) is 28.9 Å². The molecule has 1 saturated carbocycles. The Kier molecular flexibility index (Phi) is 7.95. The summed E-state index contributed by atoms with van der Waals surface area (Å²) >= 11 is 5.90. The van der Waals surface area contributed by atoms with Gasteiger partial charge in [-0.25, -0.2) is 22.9 Å². The van der Waals surface area contributed by atoms with E-state index in [-0.39, 0.29) is 28.5 Å². The molecule has 2 aliphatic heterocycles. The predicted molar refractivity (Wildman–Crippen MR) is 156 cm³/mol. The zero-order valence-corrected chi connectivity index (χ0v) is 24.5. The Morgan fingerprint density at radius 3 is 2.50 bits per heavy atom. The molecule has 2 fully saturated rings. The number of halogens is 4. The molecule has 2 aromatic heterocycles. The summed E-state index contributed by atoms with van der Waals surface area (Å²) in [5, 5.41) is 2.92.